The highest BCUT2D eigenvalue weighted by atomic mass is 79.9. The summed E-state index contributed by atoms with van der Waals surface area (Å²) in [5, 5.41) is 13.4. The van der Waals surface area contributed by atoms with E-state index in [-0.39, 0.29) is 5.75 Å². The van der Waals surface area contributed by atoms with Crippen LogP contribution < -0.4 is 10.1 Å². The second kappa shape index (κ2) is 7.32. The van der Waals surface area contributed by atoms with Gasteiger partial charge in [0.05, 0.1) is 11.6 Å². The Balaban J connectivity index is 1.94. The van der Waals surface area contributed by atoms with E-state index in [0.29, 0.717) is 16.3 Å². The van der Waals surface area contributed by atoms with Gasteiger partial charge in [0, 0.05) is 12.6 Å². The average molecular weight is 342 g/mol. The van der Waals surface area contributed by atoms with E-state index in [1.54, 1.807) is 7.11 Å². The summed E-state index contributed by atoms with van der Waals surface area (Å²) in [6.45, 7) is 3.08. The molecule has 0 radical (unpaired) electrons. The van der Waals surface area contributed by atoms with E-state index in [2.05, 4.69) is 28.2 Å². The van der Waals surface area contributed by atoms with E-state index in [9.17, 15) is 5.11 Å². The lowest BCUT2D eigenvalue weighted by Crippen LogP contribution is -2.34. The molecule has 1 aromatic rings. The molecule has 2 rings (SSSR count). The number of ether oxygens (including phenoxy) is 1. The molecule has 112 valence electrons. The molecule has 1 fully saturated rings. The molecule has 0 unspecified atom stereocenters. The molecule has 20 heavy (non-hydrogen) atoms. The number of methoxy groups -OCH3 is 1. The molecule has 1 aliphatic carbocycles. The first-order chi connectivity index (χ1) is 9.61. The second-order valence-corrected chi connectivity index (χ2v) is 6.55. The average Bonchev–Trinajstić information content (AvgIpc) is 2.48. The van der Waals surface area contributed by atoms with Crippen LogP contribution in [0, 0.1) is 5.92 Å². The zero-order valence-electron chi connectivity index (χ0n) is 12.3. The van der Waals surface area contributed by atoms with Gasteiger partial charge in [-0.1, -0.05) is 19.3 Å². The van der Waals surface area contributed by atoms with Crippen LogP contribution in [0.15, 0.2) is 16.6 Å². The van der Waals surface area contributed by atoms with E-state index in [0.717, 1.165) is 18.0 Å². The highest BCUT2D eigenvalue weighted by Gasteiger charge is 2.19. The minimum atomic E-state index is 0.163. The second-order valence-electron chi connectivity index (χ2n) is 5.70. The minimum absolute atomic E-state index is 0.163. The van der Waals surface area contributed by atoms with E-state index in [1.807, 2.05) is 12.1 Å². The molecule has 0 aromatic heterocycles. The number of rotatable bonds is 5. The van der Waals surface area contributed by atoms with Crippen LogP contribution in [-0.2, 0) is 6.54 Å². The number of hydrogen-bond donors (Lipinski definition) is 2. The van der Waals surface area contributed by atoms with Gasteiger partial charge in [-0.15, -0.1) is 0 Å². The lowest BCUT2D eigenvalue weighted by Gasteiger charge is -2.28. The monoisotopic (exact) mass is 341 g/mol. The van der Waals surface area contributed by atoms with Crippen molar-refractivity contribution in [1.82, 2.24) is 5.32 Å². The van der Waals surface area contributed by atoms with Crippen molar-refractivity contribution in [3.63, 3.8) is 0 Å². The van der Waals surface area contributed by atoms with Gasteiger partial charge in [0.25, 0.3) is 0 Å². The Bertz CT molecular complexity index is 444. The summed E-state index contributed by atoms with van der Waals surface area (Å²) in [6.07, 6.45) is 6.82. The van der Waals surface area contributed by atoms with E-state index < -0.39 is 0 Å². The molecule has 4 heteroatoms. The number of phenolic OH excluding ortho intramolecular Hbond substituents is 1. The third kappa shape index (κ3) is 3.89. The first-order valence-electron chi connectivity index (χ1n) is 7.40. The Kier molecular flexibility index (Phi) is 5.73. The molecular weight excluding hydrogens is 318 g/mol. The SMILES string of the molecule is COc1cc(CN[C@H](C)C2CCCCC2)cc(Br)c1O. The smallest absolute Gasteiger partial charge is 0.172 e. The van der Waals surface area contributed by atoms with Gasteiger partial charge in [0.2, 0.25) is 0 Å². The standard InChI is InChI=1S/C16H24BrNO2/c1-11(13-6-4-3-5-7-13)18-10-12-8-14(17)16(19)15(9-12)20-2/h8-9,11,13,18-19H,3-7,10H2,1-2H3/t11-/m1/s1. The summed E-state index contributed by atoms with van der Waals surface area (Å²) in [4.78, 5) is 0. The molecule has 0 aliphatic heterocycles. The summed E-state index contributed by atoms with van der Waals surface area (Å²) in [5.74, 6) is 1.48. The zero-order valence-corrected chi connectivity index (χ0v) is 13.9. The van der Waals surface area contributed by atoms with Gasteiger partial charge < -0.3 is 15.2 Å². The number of benzene rings is 1. The van der Waals surface area contributed by atoms with Gasteiger partial charge in [-0.25, -0.2) is 0 Å². The van der Waals surface area contributed by atoms with E-state index in [4.69, 9.17) is 4.74 Å². The number of phenols is 1. The Labute approximate surface area is 129 Å². The van der Waals surface area contributed by atoms with Crippen LogP contribution in [-0.4, -0.2) is 18.3 Å². The number of aromatic hydroxyl groups is 1. The van der Waals surface area contributed by atoms with Gasteiger partial charge in [0.1, 0.15) is 0 Å². The zero-order chi connectivity index (χ0) is 14.5. The maximum Gasteiger partial charge on any atom is 0.172 e. The Morgan fingerprint density at radius 1 is 1.35 bits per heavy atom. The molecule has 1 atom stereocenters. The van der Waals surface area contributed by atoms with Crippen LogP contribution >= 0.6 is 15.9 Å². The summed E-state index contributed by atoms with van der Waals surface area (Å²) >= 11 is 3.36. The molecule has 0 heterocycles. The van der Waals surface area contributed by atoms with Crippen LogP contribution in [0.1, 0.15) is 44.6 Å². The Morgan fingerprint density at radius 3 is 2.70 bits per heavy atom. The van der Waals surface area contributed by atoms with Crippen molar-refractivity contribution in [2.24, 2.45) is 5.92 Å². The topological polar surface area (TPSA) is 41.5 Å². The Hall–Kier alpha value is -0.740. The highest BCUT2D eigenvalue weighted by Crippen LogP contribution is 2.35. The molecule has 1 aliphatic rings. The molecule has 0 amide bonds. The summed E-state index contributed by atoms with van der Waals surface area (Å²) < 4.78 is 5.86. The van der Waals surface area contributed by atoms with Crippen molar-refractivity contribution in [3.8, 4) is 11.5 Å². The molecular formula is C16H24BrNO2. The predicted molar refractivity (Wildman–Crippen MR) is 85.2 cm³/mol. The fourth-order valence-corrected chi connectivity index (χ4v) is 3.45. The highest BCUT2D eigenvalue weighted by molar-refractivity contribution is 9.10. The van der Waals surface area contributed by atoms with Crippen LogP contribution in [0.2, 0.25) is 0 Å². The van der Waals surface area contributed by atoms with Crippen molar-refractivity contribution in [2.75, 3.05) is 7.11 Å². The fourth-order valence-electron chi connectivity index (χ4n) is 2.96. The van der Waals surface area contributed by atoms with Crippen LogP contribution in [0.25, 0.3) is 0 Å². The maximum atomic E-state index is 9.81. The Morgan fingerprint density at radius 2 is 2.05 bits per heavy atom. The molecule has 0 bridgehead atoms. The van der Waals surface area contributed by atoms with Crippen LogP contribution in [0.5, 0.6) is 11.5 Å². The molecule has 0 spiro atoms. The largest absolute Gasteiger partial charge is 0.503 e. The van der Waals surface area contributed by atoms with Gasteiger partial charge in [-0.3, -0.25) is 0 Å². The quantitative estimate of drug-likeness (QED) is 0.842. The lowest BCUT2D eigenvalue weighted by molar-refractivity contribution is 0.280. The molecule has 1 aromatic carbocycles. The van der Waals surface area contributed by atoms with E-state index >= 15 is 0 Å². The predicted octanol–water partition coefficient (Wildman–Crippen LogP) is 4.22. The van der Waals surface area contributed by atoms with Gasteiger partial charge in [-0.2, -0.15) is 0 Å². The summed E-state index contributed by atoms with van der Waals surface area (Å²) in [7, 11) is 1.57. The summed E-state index contributed by atoms with van der Waals surface area (Å²) in [5.41, 5.74) is 1.12. The van der Waals surface area contributed by atoms with Crippen molar-refractivity contribution in [3.05, 3.63) is 22.2 Å². The first kappa shape index (κ1) is 15.6. The molecule has 2 N–H and O–H groups in total. The van der Waals surface area contributed by atoms with Crippen molar-refractivity contribution in [1.29, 1.82) is 0 Å². The van der Waals surface area contributed by atoms with Gasteiger partial charge in [0.15, 0.2) is 11.5 Å². The first-order valence-corrected chi connectivity index (χ1v) is 8.20. The van der Waals surface area contributed by atoms with Crippen molar-refractivity contribution >= 4 is 15.9 Å². The number of halogens is 1. The lowest BCUT2D eigenvalue weighted by atomic mass is 9.84. The molecule has 1 saturated carbocycles. The maximum absolute atomic E-state index is 9.81. The third-order valence-electron chi connectivity index (χ3n) is 4.29. The normalized spacial score (nSPS) is 17.9. The van der Waals surface area contributed by atoms with Crippen LogP contribution in [0.3, 0.4) is 0 Å². The third-order valence-corrected chi connectivity index (χ3v) is 4.90. The van der Waals surface area contributed by atoms with E-state index in [1.165, 1.54) is 32.1 Å². The van der Waals surface area contributed by atoms with Crippen LogP contribution in [0.4, 0.5) is 0 Å². The minimum Gasteiger partial charge on any atom is -0.503 e. The van der Waals surface area contributed by atoms with Crippen molar-refractivity contribution in [2.45, 2.75) is 51.6 Å². The number of hydrogen-bond acceptors (Lipinski definition) is 3. The van der Waals surface area contributed by atoms with Gasteiger partial charge >= 0.3 is 0 Å². The van der Waals surface area contributed by atoms with Gasteiger partial charge in [-0.05, 0) is 59.3 Å². The number of nitrogens with one attached hydrogen (secondary N) is 1. The molecule has 0 saturated heterocycles. The summed E-state index contributed by atoms with van der Waals surface area (Å²) in [6, 6.07) is 4.37. The van der Waals surface area contributed by atoms with Crippen molar-refractivity contribution < 1.29 is 9.84 Å². The fraction of sp³-hybridized carbons (Fsp3) is 0.625. The molecule has 3 nitrogen and oxygen atoms in total.